The molecule has 20 heavy (non-hydrogen) atoms. The number of hydrogen-bond acceptors (Lipinski definition) is 4. The molecule has 1 atom stereocenters. The first-order valence-electron chi connectivity index (χ1n) is 7.63. The molecule has 2 aliphatic heterocycles. The fourth-order valence-electron chi connectivity index (χ4n) is 3.38. The van der Waals surface area contributed by atoms with E-state index in [-0.39, 0.29) is 11.9 Å². The largest absolute Gasteiger partial charge is 0.465 e. The Morgan fingerprint density at radius 1 is 1.40 bits per heavy atom. The Bertz CT molecular complexity index is 463. The summed E-state index contributed by atoms with van der Waals surface area (Å²) in [6, 6.07) is 0. The molecule has 2 fully saturated rings. The van der Waals surface area contributed by atoms with Crippen LogP contribution in [0.15, 0.2) is 6.20 Å². The number of carbonyl (C=O) groups excluding carboxylic acids is 1. The van der Waals surface area contributed by atoms with Gasteiger partial charge in [-0.25, -0.2) is 0 Å². The van der Waals surface area contributed by atoms with Crippen LogP contribution >= 0.6 is 0 Å². The van der Waals surface area contributed by atoms with E-state index in [9.17, 15) is 4.79 Å². The molecule has 3 rings (SSSR count). The molecule has 0 spiro atoms. The zero-order valence-electron chi connectivity index (χ0n) is 12.1. The number of aromatic amines is 1. The lowest BCUT2D eigenvalue weighted by Gasteiger charge is -2.32. The number of carbonyl (C=O) groups is 1. The van der Waals surface area contributed by atoms with Crippen LogP contribution in [0.25, 0.3) is 0 Å². The van der Waals surface area contributed by atoms with Gasteiger partial charge in [-0.1, -0.05) is 0 Å². The normalized spacial score (nSPS) is 25.1. The van der Waals surface area contributed by atoms with E-state index >= 15 is 0 Å². The molecule has 5 nitrogen and oxygen atoms in total. The molecule has 2 aliphatic rings. The molecular formula is C15H23N3O2. The predicted octanol–water partition coefficient (Wildman–Crippen LogP) is 1.85. The van der Waals surface area contributed by atoms with Crippen LogP contribution in [0.1, 0.15) is 42.9 Å². The van der Waals surface area contributed by atoms with Crippen molar-refractivity contribution >= 4 is 5.97 Å². The van der Waals surface area contributed by atoms with Crippen LogP contribution in [0.3, 0.4) is 0 Å². The topological polar surface area (TPSA) is 58.2 Å². The van der Waals surface area contributed by atoms with E-state index in [0.717, 1.165) is 32.5 Å². The highest BCUT2D eigenvalue weighted by atomic mass is 16.5. The number of nitrogens with one attached hydrogen (secondary N) is 1. The third-order valence-electron chi connectivity index (χ3n) is 4.73. The average Bonchev–Trinajstić information content (AvgIpc) is 3.06. The molecule has 1 aromatic heterocycles. The van der Waals surface area contributed by atoms with Crippen molar-refractivity contribution < 1.29 is 9.53 Å². The fraction of sp³-hybridized carbons (Fsp3) is 0.733. The minimum absolute atomic E-state index is 0.00825. The number of rotatable bonds is 4. The van der Waals surface area contributed by atoms with Crippen molar-refractivity contribution in [2.75, 3.05) is 26.2 Å². The highest BCUT2D eigenvalue weighted by Gasteiger charge is 2.28. The Morgan fingerprint density at radius 3 is 2.80 bits per heavy atom. The zero-order valence-corrected chi connectivity index (χ0v) is 12.1. The van der Waals surface area contributed by atoms with Crippen molar-refractivity contribution in [3.8, 4) is 0 Å². The maximum atomic E-state index is 11.4. The SMILES string of the molecule is Cc1[nH]ncc1C1CCN(CCC2CCOC2=O)CC1. The summed E-state index contributed by atoms with van der Waals surface area (Å²) in [5, 5.41) is 7.15. The molecular weight excluding hydrogens is 254 g/mol. The minimum Gasteiger partial charge on any atom is -0.465 e. The molecule has 0 aromatic carbocycles. The summed E-state index contributed by atoms with van der Waals surface area (Å²) in [5.74, 6) is 0.791. The van der Waals surface area contributed by atoms with Crippen molar-refractivity contribution in [2.24, 2.45) is 5.92 Å². The molecule has 0 bridgehead atoms. The highest BCUT2D eigenvalue weighted by Crippen LogP contribution is 2.29. The van der Waals surface area contributed by atoms with Gasteiger partial charge in [-0.15, -0.1) is 0 Å². The van der Waals surface area contributed by atoms with E-state index in [1.807, 2.05) is 6.20 Å². The van der Waals surface area contributed by atoms with Crippen molar-refractivity contribution in [1.82, 2.24) is 15.1 Å². The maximum Gasteiger partial charge on any atom is 0.309 e. The molecule has 3 heterocycles. The molecule has 2 saturated heterocycles. The number of nitrogens with zero attached hydrogens (tertiary/aromatic N) is 2. The standard InChI is InChI=1S/C15H23N3O2/c1-11-14(10-16-17-11)12-2-6-18(7-3-12)8-4-13-5-9-20-15(13)19/h10,12-13H,2-9H2,1H3,(H,16,17). The van der Waals surface area contributed by atoms with Gasteiger partial charge in [0.15, 0.2) is 0 Å². The fourth-order valence-corrected chi connectivity index (χ4v) is 3.38. The maximum absolute atomic E-state index is 11.4. The van der Waals surface area contributed by atoms with Gasteiger partial charge >= 0.3 is 5.97 Å². The third kappa shape index (κ3) is 2.87. The van der Waals surface area contributed by atoms with Crippen LogP contribution < -0.4 is 0 Å². The average molecular weight is 277 g/mol. The van der Waals surface area contributed by atoms with Gasteiger partial charge in [-0.3, -0.25) is 9.89 Å². The second-order valence-electron chi connectivity index (χ2n) is 6.01. The number of hydrogen-bond donors (Lipinski definition) is 1. The van der Waals surface area contributed by atoms with E-state index < -0.39 is 0 Å². The van der Waals surface area contributed by atoms with Crippen LogP contribution in [-0.2, 0) is 9.53 Å². The summed E-state index contributed by atoms with van der Waals surface area (Å²) in [5.41, 5.74) is 2.58. The first-order valence-corrected chi connectivity index (χ1v) is 7.63. The summed E-state index contributed by atoms with van der Waals surface area (Å²) in [4.78, 5) is 13.9. The van der Waals surface area contributed by atoms with Crippen LogP contribution in [0, 0.1) is 12.8 Å². The lowest BCUT2D eigenvalue weighted by molar-refractivity contribution is -0.141. The summed E-state index contributed by atoms with van der Waals surface area (Å²) in [7, 11) is 0. The van der Waals surface area contributed by atoms with Crippen LogP contribution in [-0.4, -0.2) is 47.3 Å². The Kier molecular flexibility index (Phi) is 4.05. The van der Waals surface area contributed by atoms with Crippen LogP contribution in [0.5, 0.6) is 0 Å². The molecule has 0 radical (unpaired) electrons. The first-order chi connectivity index (χ1) is 9.74. The highest BCUT2D eigenvalue weighted by molar-refractivity contribution is 5.74. The smallest absolute Gasteiger partial charge is 0.309 e. The molecule has 0 saturated carbocycles. The minimum atomic E-state index is 0.00825. The Morgan fingerprint density at radius 2 is 2.20 bits per heavy atom. The summed E-state index contributed by atoms with van der Waals surface area (Å²) >= 11 is 0. The molecule has 0 aliphatic carbocycles. The summed E-state index contributed by atoms with van der Waals surface area (Å²) in [6.45, 7) is 5.98. The summed E-state index contributed by atoms with van der Waals surface area (Å²) < 4.78 is 5.02. The Hall–Kier alpha value is -1.36. The van der Waals surface area contributed by atoms with Crippen molar-refractivity contribution in [3.05, 3.63) is 17.5 Å². The first kappa shape index (κ1) is 13.6. The van der Waals surface area contributed by atoms with Gasteiger partial charge in [0.2, 0.25) is 0 Å². The van der Waals surface area contributed by atoms with Gasteiger partial charge in [0.25, 0.3) is 0 Å². The molecule has 5 heteroatoms. The number of piperidine rings is 1. The number of aryl methyl sites for hydroxylation is 1. The second kappa shape index (κ2) is 5.95. The van der Waals surface area contributed by atoms with Crippen molar-refractivity contribution in [2.45, 2.75) is 38.5 Å². The number of likely N-dealkylation sites (tertiary alicyclic amines) is 1. The molecule has 1 aromatic rings. The molecule has 1 N–H and O–H groups in total. The van der Waals surface area contributed by atoms with Gasteiger partial charge in [-0.2, -0.15) is 5.10 Å². The van der Waals surface area contributed by atoms with E-state index in [1.54, 1.807) is 0 Å². The molecule has 0 amide bonds. The van der Waals surface area contributed by atoms with Crippen molar-refractivity contribution in [3.63, 3.8) is 0 Å². The van der Waals surface area contributed by atoms with Gasteiger partial charge in [0.05, 0.1) is 18.7 Å². The quantitative estimate of drug-likeness (QED) is 0.853. The van der Waals surface area contributed by atoms with Gasteiger partial charge in [-0.05, 0) is 63.7 Å². The summed E-state index contributed by atoms with van der Waals surface area (Å²) in [6.07, 6.45) is 6.22. The number of aromatic nitrogens is 2. The number of esters is 1. The van der Waals surface area contributed by atoms with Gasteiger partial charge in [0, 0.05) is 5.69 Å². The third-order valence-corrected chi connectivity index (χ3v) is 4.73. The molecule has 1 unspecified atom stereocenters. The lowest BCUT2D eigenvalue weighted by Crippen LogP contribution is -2.34. The second-order valence-corrected chi connectivity index (χ2v) is 6.01. The van der Waals surface area contributed by atoms with Crippen LogP contribution in [0.2, 0.25) is 0 Å². The molecule has 110 valence electrons. The Labute approximate surface area is 119 Å². The van der Waals surface area contributed by atoms with E-state index in [4.69, 9.17) is 4.74 Å². The van der Waals surface area contributed by atoms with E-state index in [2.05, 4.69) is 22.0 Å². The van der Waals surface area contributed by atoms with Crippen molar-refractivity contribution in [1.29, 1.82) is 0 Å². The number of ether oxygens (including phenoxy) is 1. The Balaban J connectivity index is 1.44. The van der Waals surface area contributed by atoms with E-state index in [0.29, 0.717) is 12.5 Å². The predicted molar refractivity (Wildman–Crippen MR) is 75.4 cm³/mol. The number of cyclic esters (lactones) is 1. The van der Waals surface area contributed by atoms with Crippen LogP contribution in [0.4, 0.5) is 0 Å². The van der Waals surface area contributed by atoms with Gasteiger partial charge < -0.3 is 9.64 Å². The van der Waals surface area contributed by atoms with Gasteiger partial charge in [0.1, 0.15) is 0 Å². The number of H-pyrrole nitrogens is 1. The zero-order chi connectivity index (χ0) is 13.9. The monoisotopic (exact) mass is 277 g/mol. The lowest BCUT2D eigenvalue weighted by atomic mass is 9.89. The van der Waals surface area contributed by atoms with E-state index in [1.165, 1.54) is 24.1 Å².